The van der Waals surface area contributed by atoms with Crippen molar-refractivity contribution >= 4 is 32.5 Å². The van der Waals surface area contributed by atoms with Gasteiger partial charge in [0.2, 0.25) is 0 Å². The molecule has 6 nitrogen and oxygen atoms in total. The number of sulfonamides is 1. The molecule has 3 aromatic carbocycles. The fourth-order valence-corrected chi connectivity index (χ4v) is 4.98. The van der Waals surface area contributed by atoms with Gasteiger partial charge in [-0.1, -0.05) is 67.6 Å². The lowest BCUT2D eigenvalue weighted by atomic mass is 10.0. The molecule has 170 valence electrons. The molecule has 4 aromatic rings. The van der Waals surface area contributed by atoms with E-state index in [-0.39, 0.29) is 29.5 Å². The number of anilines is 1. The van der Waals surface area contributed by atoms with Gasteiger partial charge in [-0.25, -0.2) is 8.42 Å². The van der Waals surface area contributed by atoms with Gasteiger partial charge >= 0.3 is 0 Å². The number of rotatable bonds is 8. The number of hydrogen-bond donors (Lipinski definition) is 2. The summed E-state index contributed by atoms with van der Waals surface area (Å²) in [6.45, 7) is 2.01. The van der Waals surface area contributed by atoms with Crippen LogP contribution in [0.1, 0.15) is 30.7 Å². The van der Waals surface area contributed by atoms with Crippen molar-refractivity contribution in [3.05, 3.63) is 102 Å². The summed E-state index contributed by atoms with van der Waals surface area (Å²) in [4.78, 5) is 17.4. The van der Waals surface area contributed by atoms with E-state index in [0.717, 1.165) is 17.4 Å². The van der Waals surface area contributed by atoms with E-state index < -0.39 is 10.0 Å². The van der Waals surface area contributed by atoms with Gasteiger partial charge in [0.05, 0.1) is 16.8 Å². The number of nitrogens with one attached hydrogen (secondary N) is 2. The Kier molecular flexibility index (Phi) is 6.70. The van der Waals surface area contributed by atoms with Gasteiger partial charge in [0, 0.05) is 19.1 Å². The van der Waals surface area contributed by atoms with Crippen LogP contribution in [0.3, 0.4) is 0 Å². The van der Waals surface area contributed by atoms with E-state index in [1.54, 1.807) is 54.7 Å². The first-order chi connectivity index (χ1) is 16.0. The molecule has 1 atom stereocenters. The number of carbonyl (C=O) groups is 1. The van der Waals surface area contributed by atoms with Crippen LogP contribution in [0.25, 0.3) is 10.9 Å². The molecule has 7 heteroatoms. The number of hydrogen-bond acceptors (Lipinski definition) is 4. The maximum absolute atomic E-state index is 13.2. The molecule has 1 unspecified atom stereocenters. The highest BCUT2D eigenvalue weighted by Crippen LogP contribution is 2.25. The maximum atomic E-state index is 13.2. The molecular formula is C26H27N3O3S. The van der Waals surface area contributed by atoms with Crippen LogP contribution in [0.5, 0.6) is 0 Å². The number of pyridine rings is 1. The van der Waals surface area contributed by atoms with Gasteiger partial charge in [-0.05, 0) is 42.7 Å². The lowest BCUT2D eigenvalue weighted by molar-refractivity contribution is 0.0936. The molecule has 0 bridgehead atoms. The number of amides is 1. The predicted octanol–water partition coefficient (Wildman–Crippen LogP) is 5.03. The topological polar surface area (TPSA) is 88.2 Å². The molecule has 0 aliphatic carbocycles. The van der Waals surface area contributed by atoms with Crippen LogP contribution in [-0.4, -0.2) is 25.4 Å². The Morgan fingerprint density at radius 3 is 2.45 bits per heavy atom. The molecule has 2 N–H and O–H groups in total. The minimum absolute atomic E-state index is 0. The first-order valence-electron chi connectivity index (χ1n) is 10.8. The number of para-hydroxylation sites is 2. The predicted molar refractivity (Wildman–Crippen MR) is 133 cm³/mol. The minimum atomic E-state index is -3.97. The van der Waals surface area contributed by atoms with Gasteiger partial charge in [-0.15, -0.1) is 0 Å². The number of carbonyl (C=O) groups excluding carboxylic acids is 1. The molecule has 1 amide bonds. The van der Waals surface area contributed by atoms with E-state index in [0.29, 0.717) is 11.9 Å². The van der Waals surface area contributed by atoms with Crippen LogP contribution < -0.4 is 10.0 Å². The van der Waals surface area contributed by atoms with E-state index in [4.69, 9.17) is 0 Å². The van der Waals surface area contributed by atoms with Gasteiger partial charge in [-0.2, -0.15) is 0 Å². The highest BCUT2D eigenvalue weighted by Gasteiger charge is 2.22. The van der Waals surface area contributed by atoms with Gasteiger partial charge in [-0.3, -0.25) is 14.5 Å². The lowest BCUT2D eigenvalue weighted by Crippen LogP contribution is -2.36. The fourth-order valence-electron chi connectivity index (χ4n) is 3.72. The molecule has 33 heavy (non-hydrogen) atoms. The van der Waals surface area contributed by atoms with E-state index >= 15 is 0 Å². The summed E-state index contributed by atoms with van der Waals surface area (Å²) >= 11 is 0. The van der Waals surface area contributed by atoms with Crippen molar-refractivity contribution in [2.45, 2.75) is 30.7 Å². The number of aromatic nitrogens is 1. The smallest absolute Gasteiger partial charge is 0.264 e. The molecule has 0 fully saturated rings. The summed E-state index contributed by atoms with van der Waals surface area (Å²) in [6, 6.07) is 25.0. The first-order valence-corrected chi connectivity index (χ1v) is 12.3. The molecule has 1 heterocycles. The Morgan fingerprint density at radius 1 is 0.939 bits per heavy atom. The van der Waals surface area contributed by atoms with Crippen LogP contribution in [-0.2, 0) is 16.4 Å². The van der Waals surface area contributed by atoms with Crippen molar-refractivity contribution in [1.82, 2.24) is 10.3 Å². The number of fused-ring (bicyclic) bond motifs is 1. The summed E-state index contributed by atoms with van der Waals surface area (Å²) in [6.07, 6.45) is 3.00. The third-order valence-electron chi connectivity index (χ3n) is 5.45. The van der Waals surface area contributed by atoms with Gasteiger partial charge in [0.25, 0.3) is 15.9 Å². The summed E-state index contributed by atoms with van der Waals surface area (Å²) in [7, 11) is -3.97. The van der Waals surface area contributed by atoms with Gasteiger partial charge < -0.3 is 5.32 Å². The minimum Gasteiger partial charge on any atom is -0.349 e. The van der Waals surface area contributed by atoms with Crippen molar-refractivity contribution in [2.24, 2.45) is 0 Å². The molecule has 0 saturated heterocycles. The maximum Gasteiger partial charge on any atom is 0.264 e. The summed E-state index contributed by atoms with van der Waals surface area (Å²) < 4.78 is 29.0. The molecular weight excluding hydrogens is 434 g/mol. The van der Waals surface area contributed by atoms with Crippen molar-refractivity contribution in [3.63, 3.8) is 0 Å². The van der Waals surface area contributed by atoms with E-state index in [2.05, 4.69) is 15.0 Å². The van der Waals surface area contributed by atoms with Crippen LogP contribution in [0, 0.1) is 0 Å². The second kappa shape index (κ2) is 9.83. The zero-order valence-electron chi connectivity index (χ0n) is 18.2. The Labute approximate surface area is 195 Å². The monoisotopic (exact) mass is 461 g/mol. The van der Waals surface area contributed by atoms with Crippen LogP contribution in [0.2, 0.25) is 0 Å². The molecule has 0 radical (unpaired) electrons. The van der Waals surface area contributed by atoms with Crippen LogP contribution in [0.15, 0.2) is 96.0 Å². The van der Waals surface area contributed by atoms with Crippen molar-refractivity contribution in [3.8, 4) is 0 Å². The SMILES string of the molecule is CCC(Cc1ccccc1)NC(=O)c1ccccc1NS(=O)(=O)c1cccc2cccnc12.[HH]. The van der Waals surface area contributed by atoms with Gasteiger partial charge in [0.15, 0.2) is 0 Å². The Hall–Kier alpha value is -3.71. The highest BCUT2D eigenvalue weighted by molar-refractivity contribution is 7.93. The van der Waals surface area contributed by atoms with Crippen molar-refractivity contribution < 1.29 is 14.6 Å². The quantitative estimate of drug-likeness (QED) is 0.385. The summed E-state index contributed by atoms with van der Waals surface area (Å²) in [5.41, 5.74) is 1.99. The average molecular weight is 462 g/mol. The lowest BCUT2D eigenvalue weighted by Gasteiger charge is -2.19. The normalized spacial score (nSPS) is 12.3. The van der Waals surface area contributed by atoms with Crippen molar-refractivity contribution in [1.29, 1.82) is 0 Å². The first kappa shape index (κ1) is 22.5. The zero-order chi connectivity index (χ0) is 23.3. The third-order valence-corrected chi connectivity index (χ3v) is 6.85. The average Bonchev–Trinajstić information content (AvgIpc) is 2.84. The second-order valence-corrected chi connectivity index (χ2v) is 9.40. The largest absolute Gasteiger partial charge is 0.349 e. The van der Waals surface area contributed by atoms with Crippen molar-refractivity contribution in [2.75, 3.05) is 4.72 Å². The Morgan fingerprint density at radius 2 is 1.67 bits per heavy atom. The highest BCUT2D eigenvalue weighted by atomic mass is 32.2. The number of nitrogens with zero attached hydrogens (tertiary/aromatic N) is 1. The van der Waals surface area contributed by atoms with E-state index in [1.807, 2.05) is 37.3 Å². The standard InChI is InChI=1S/C26H25N3O3S.H2/c1-2-21(18-19-10-4-3-5-11-19)28-26(30)22-14-6-7-15-23(22)29-33(31,32)24-16-8-12-20-13-9-17-27-25(20)24;/h3-17,21,29H,2,18H2,1H3,(H,28,30);1H. The Balaban J connectivity index is 0.00000324. The molecule has 1 aromatic heterocycles. The van der Waals surface area contributed by atoms with Gasteiger partial charge in [0.1, 0.15) is 4.90 Å². The summed E-state index contributed by atoms with van der Waals surface area (Å²) in [5.74, 6) is -0.327. The van der Waals surface area contributed by atoms with Crippen LogP contribution in [0.4, 0.5) is 5.69 Å². The zero-order valence-corrected chi connectivity index (χ0v) is 19.0. The van der Waals surface area contributed by atoms with Crippen LogP contribution >= 0.6 is 0 Å². The molecule has 0 aliphatic heterocycles. The van der Waals surface area contributed by atoms with E-state index in [1.165, 1.54) is 6.07 Å². The summed E-state index contributed by atoms with van der Waals surface area (Å²) in [5, 5.41) is 3.76. The second-order valence-electron chi connectivity index (χ2n) is 7.75. The molecule has 4 rings (SSSR count). The Bertz CT molecular complexity index is 1370. The number of benzene rings is 3. The van der Waals surface area contributed by atoms with E-state index in [9.17, 15) is 13.2 Å². The molecule has 0 spiro atoms. The third kappa shape index (κ3) is 5.21. The fraction of sp³-hybridized carbons (Fsp3) is 0.154. The molecule has 0 aliphatic rings. The molecule has 0 saturated carbocycles.